The Morgan fingerprint density at radius 3 is 2.56 bits per heavy atom. The molecule has 6 nitrogen and oxygen atoms in total. The summed E-state index contributed by atoms with van der Waals surface area (Å²) in [5.74, 6) is 0.0964. The van der Waals surface area contributed by atoms with Crippen LogP contribution in [0.25, 0.3) is 0 Å². The van der Waals surface area contributed by atoms with E-state index in [1.54, 1.807) is 18.2 Å². The topological polar surface area (TPSA) is 82.3 Å². The van der Waals surface area contributed by atoms with Crippen LogP contribution in [0.3, 0.4) is 0 Å². The van der Waals surface area contributed by atoms with Crippen LogP contribution in [-0.2, 0) is 5.75 Å². The Morgan fingerprint density at radius 1 is 1.19 bits per heavy atom. The highest BCUT2D eigenvalue weighted by molar-refractivity contribution is 14.1. The number of carbonyl (C=O) groups is 1. The van der Waals surface area contributed by atoms with Crippen molar-refractivity contribution in [3.05, 3.63) is 79.2 Å². The minimum absolute atomic E-state index is 0.143. The van der Waals surface area contributed by atoms with Gasteiger partial charge in [-0.25, -0.2) is 14.8 Å². The summed E-state index contributed by atoms with van der Waals surface area (Å²) in [5, 5.41) is 0.615. The first kappa shape index (κ1) is 19.6. The normalized spacial score (nSPS) is 10.6. The van der Waals surface area contributed by atoms with E-state index < -0.39 is 11.4 Å². The van der Waals surface area contributed by atoms with Gasteiger partial charge < -0.3 is 9.15 Å². The molecule has 0 spiro atoms. The van der Waals surface area contributed by atoms with E-state index in [1.807, 2.05) is 48.6 Å². The molecule has 3 aromatic rings. The van der Waals surface area contributed by atoms with Crippen LogP contribution in [-0.4, -0.2) is 15.9 Å². The molecule has 0 radical (unpaired) electrons. The van der Waals surface area contributed by atoms with Gasteiger partial charge in [-0.1, -0.05) is 23.9 Å². The molecule has 0 amide bonds. The van der Waals surface area contributed by atoms with Gasteiger partial charge in [-0.15, -0.1) is 0 Å². The Morgan fingerprint density at radius 2 is 1.89 bits per heavy atom. The summed E-state index contributed by atoms with van der Waals surface area (Å²) >= 11 is 3.40. The van der Waals surface area contributed by atoms with Gasteiger partial charge in [-0.3, -0.25) is 4.79 Å². The van der Waals surface area contributed by atoms with Crippen LogP contribution >= 0.6 is 34.4 Å². The molecule has 0 fully saturated rings. The third-order valence-corrected chi connectivity index (χ3v) is 5.26. The van der Waals surface area contributed by atoms with E-state index in [9.17, 15) is 9.59 Å². The summed E-state index contributed by atoms with van der Waals surface area (Å²) in [4.78, 5) is 33.1. The molecule has 0 unspecified atom stereocenters. The largest absolute Gasteiger partial charge is 0.464 e. The Kier molecular flexibility index (Phi) is 6.27. The smallest absolute Gasteiger partial charge is 0.344 e. The van der Waals surface area contributed by atoms with Crippen LogP contribution in [0.15, 0.2) is 57.0 Å². The Labute approximate surface area is 173 Å². The zero-order valence-corrected chi connectivity index (χ0v) is 17.5. The molecular weight excluding hydrogens is 479 g/mol. The van der Waals surface area contributed by atoms with Gasteiger partial charge in [0.2, 0.25) is 11.2 Å². The molecule has 2 aromatic heterocycles. The molecule has 0 aliphatic rings. The summed E-state index contributed by atoms with van der Waals surface area (Å²) in [7, 11) is 0. The molecule has 27 heavy (non-hydrogen) atoms. The lowest BCUT2D eigenvalue weighted by molar-refractivity contribution is 0.0727. The standard InChI is InChI=1S/C19H15IN2O4S/c1-11-7-12(2)22-19(21-11)27-10-13-8-16(23)17(9-25-13)26-18(24)14-5-3-4-6-15(14)20/h3-9H,10H2,1-2H3. The zero-order chi connectivity index (χ0) is 19.4. The van der Waals surface area contributed by atoms with Crippen LogP contribution in [0.2, 0.25) is 0 Å². The van der Waals surface area contributed by atoms with Crippen LogP contribution in [0.1, 0.15) is 27.5 Å². The number of rotatable bonds is 5. The van der Waals surface area contributed by atoms with Gasteiger partial charge >= 0.3 is 5.97 Å². The van der Waals surface area contributed by atoms with Crippen molar-refractivity contribution >= 4 is 40.3 Å². The Bertz CT molecular complexity index is 1030. The predicted molar refractivity (Wildman–Crippen MR) is 110 cm³/mol. The molecule has 0 N–H and O–H groups in total. The van der Waals surface area contributed by atoms with E-state index in [4.69, 9.17) is 9.15 Å². The van der Waals surface area contributed by atoms with Crippen LogP contribution < -0.4 is 10.2 Å². The molecule has 0 aliphatic heterocycles. The lowest BCUT2D eigenvalue weighted by Crippen LogP contribution is -2.15. The number of hydrogen-bond donors (Lipinski definition) is 0. The number of nitrogens with zero attached hydrogens (tertiary/aromatic N) is 2. The van der Waals surface area contributed by atoms with Gasteiger partial charge in [0, 0.05) is 21.0 Å². The fourth-order valence-electron chi connectivity index (χ4n) is 2.26. The molecule has 0 saturated heterocycles. The molecule has 8 heteroatoms. The van der Waals surface area contributed by atoms with E-state index in [0.29, 0.717) is 22.2 Å². The highest BCUT2D eigenvalue weighted by atomic mass is 127. The average molecular weight is 494 g/mol. The van der Waals surface area contributed by atoms with Crippen LogP contribution in [0.5, 0.6) is 5.75 Å². The number of halogens is 1. The van der Waals surface area contributed by atoms with E-state index in [2.05, 4.69) is 9.97 Å². The molecule has 0 bridgehead atoms. The van der Waals surface area contributed by atoms with Crippen molar-refractivity contribution in [2.45, 2.75) is 24.8 Å². The summed E-state index contributed by atoms with van der Waals surface area (Å²) in [5.41, 5.74) is 1.73. The number of carbonyl (C=O) groups excluding carboxylic acids is 1. The highest BCUT2D eigenvalue weighted by Crippen LogP contribution is 2.20. The molecule has 3 rings (SSSR count). The second-order valence-corrected chi connectivity index (χ2v) is 7.77. The summed E-state index contributed by atoms with van der Waals surface area (Å²) in [6, 6.07) is 10.2. The maximum Gasteiger partial charge on any atom is 0.344 e. The minimum atomic E-state index is -0.599. The Balaban J connectivity index is 1.69. The van der Waals surface area contributed by atoms with E-state index in [1.165, 1.54) is 17.8 Å². The number of aryl methyl sites for hydroxylation is 2. The zero-order valence-electron chi connectivity index (χ0n) is 14.6. The van der Waals surface area contributed by atoms with E-state index in [0.717, 1.165) is 21.2 Å². The number of thioether (sulfide) groups is 1. The molecule has 138 valence electrons. The highest BCUT2D eigenvalue weighted by Gasteiger charge is 2.15. The first-order valence-electron chi connectivity index (χ1n) is 7.96. The molecule has 0 saturated carbocycles. The minimum Gasteiger partial charge on any atom is -0.464 e. The fourth-order valence-corrected chi connectivity index (χ4v) is 3.71. The summed E-state index contributed by atoms with van der Waals surface area (Å²) < 4.78 is 11.4. The number of aromatic nitrogens is 2. The van der Waals surface area contributed by atoms with Crippen LogP contribution in [0, 0.1) is 17.4 Å². The first-order chi connectivity index (χ1) is 12.9. The summed E-state index contributed by atoms with van der Waals surface area (Å²) in [6.07, 6.45) is 1.16. The van der Waals surface area contributed by atoms with Crippen molar-refractivity contribution in [1.82, 2.24) is 9.97 Å². The maximum atomic E-state index is 12.2. The number of esters is 1. The third kappa shape index (κ3) is 5.16. The second-order valence-electron chi connectivity index (χ2n) is 5.67. The molecule has 0 atom stereocenters. The van der Waals surface area contributed by atoms with Crippen molar-refractivity contribution in [3.8, 4) is 5.75 Å². The predicted octanol–water partition coefficient (Wildman–Crippen LogP) is 4.16. The third-order valence-electron chi connectivity index (χ3n) is 3.45. The van der Waals surface area contributed by atoms with Crippen molar-refractivity contribution in [1.29, 1.82) is 0 Å². The molecule has 0 aliphatic carbocycles. The van der Waals surface area contributed by atoms with Gasteiger partial charge in [-0.05, 0) is 54.6 Å². The van der Waals surface area contributed by atoms with Gasteiger partial charge in [-0.2, -0.15) is 0 Å². The number of hydrogen-bond acceptors (Lipinski definition) is 7. The molecule has 1 aromatic carbocycles. The van der Waals surface area contributed by atoms with Gasteiger partial charge in [0.1, 0.15) is 12.0 Å². The number of benzene rings is 1. The average Bonchev–Trinajstić information content (AvgIpc) is 2.61. The molecule has 2 heterocycles. The SMILES string of the molecule is Cc1cc(C)nc(SCc2cc(=O)c(OC(=O)c3ccccc3I)co2)n1. The van der Waals surface area contributed by atoms with Gasteiger partial charge in [0.25, 0.3) is 0 Å². The number of ether oxygens (including phenoxy) is 1. The van der Waals surface area contributed by atoms with Crippen molar-refractivity contribution in [2.75, 3.05) is 0 Å². The van der Waals surface area contributed by atoms with Gasteiger partial charge in [0.15, 0.2) is 5.16 Å². The van der Waals surface area contributed by atoms with Crippen molar-refractivity contribution in [3.63, 3.8) is 0 Å². The first-order valence-corrected chi connectivity index (χ1v) is 10.0. The Hall–Kier alpha value is -2.20. The van der Waals surface area contributed by atoms with E-state index in [-0.39, 0.29) is 5.75 Å². The van der Waals surface area contributed by atoms with E-state index >= 15 is 0 Å². The second kappa shape index (κ2) is 8.66. The lowest BCUT2D eigenvalue weighted by atomic mass is 10.2. The fraction of sp³-hybridized carbons (Fsp3) is 0.158. The maximum absolute atomic E-state index is 12.2. The van der Waals surface area contributed by atoms with Crippen molar-refractivity contribution in [2.24, 2.45) is 0 Å². The summed E-state index contributed by atoms with van der Waals surface area (Å²) in [6.45, 7) is 3.80. The van der Waals surface area contributed by atoms with Gasteiger partial charge in [0.05, 0.1) is 11.3 Å². The van der Waals surface area contributed by atoms with Crippen molar-refractivity contribution < 1.29 is 13.9 Å². The van der Waals surface area contributed by atoms with Crippen LogP contribution in [0.4, 0.5) is 0 Å². The molecular formula is C19H15IN2O4S. The lowest BCUT2D eigenvalue weighted by Gasteiger charge is -2.06. The quantitative estimate of drug-likeness (QED) is 0.228. The monoisotopic (exact) mass is 494 g/mol.